The van der Waals surface area contributed by atoms with Crippen molar-refractivity contribution < 1.29 is 32.9 Å². The largest absolute Gasteiger partial charge is 0.496 e. The van der Waals surface area contributed by atoms with Crippen molar-refractivity contribution in [2.45, 2.75) is 51.0 Å². The molecule has 2 N–H and O–H groups in total. The van der Waals surface area contributed by atoms with Crippen molar-refractivity contribution in [2.24, 2.45) is 0 Å². The van der Waals surface area contributed by atoms with Gasteiger partial charge in [-0.3, -0.25) is 19.2 Å². The third-order valence-electron chi connectivity index (χ3n) is 8.56. The molecule has 1 saturated heterocycles. The number of ether oxygens (including phenoxy) is 4. The van der Waals surface area contributed by atoms with Gasteiger partial charge < -0.3 is 29.6 Å². The molecule has 6 rings (SSSR count). The smallest absolute Gasteiger partial charge is 0.258 e. The minimum Gasteiger partial charge on any atom is -0.496 e. The first-order chi connectivity index (χ1) is 23.3. The van der Waals surface area contributed by atoms with Crippen LogP contribution in [-0.2, 0) is 35.6 Å². The van der Waals surface area contributed by atoms with Crippen LogP contribution in [0.3, 0.4) is 0 Å². The lowest BCUT2D eigenvalue weighted by atomic mass is 10.00. The SMILES string of the molecule is COc1ccc(CN2CC[C@H]3Oc4cc(F)cc(c4)CNC(=O)CCc4ccc(OC)c(c4)OCC(=O)N[C@@H]3C2)cc1Cn1cccn1. The number of carbonyl (C=O) groups excluding carboxylic acids is 2. The van der Waals surface area contributed by atoms with Crippen LogP contribution in [0.1, 0.15) is 35.1 Å². The fourth-order valence-electron chi connectivity index (χ4n) is 6.20. The summed E-state index contributed by atoms with van der Waals surface area (Å²) in [7, 11) is 3.19. The van der Waals surface area contributed by atoms with E-state index >= 15 is 0 Å². The summed E-state index contributed by atoms with van der Waals surface area (Å²) in [5, 5.41) is 10.3. The van der Waals surface area contributed by atoms with Gasteiger partial charge in [0.2, 0.25) is 5.91 Å². The van der Waals surface area contributed by atoms with Gasteiger partial charge >= 0.3 is 0 Å². The lowest BCUT2D eigenvalue weighted by Crippen LogP contribution is -2.57. The molecule has 1 fully saturated rings. The lowest BCUT2D eigenvalue weighted by molar-refractivity contribution is -0.125. The molecule has 0 saturated carbocycles. The van der Waals surface area contributed by atoms with E-state index in [-0.39, 0.29) is 31.4 Å². The van der Waals surface area contributed by atoms with Crippen molar-refractivity contribution in [1.82, 2.24) is 25.3 Å². The summed E-state index contributed by atoms with van der Waals surface area (Å²) in [6.07, 6.45) is 4.49. The molecule has 252 valence electrons. The predicted molar refractivity (Wildman–Crippen MR) is 176 cm³/mol. The molecule has 0 radical (unpaired) electrons. The number of aryl methyl sites for hydroxylation is 1. The van der Waals surface area contributed by atoms with E-state index in [4.69, 9.17) is 18.9 Å². The van der Waals surface area contributed by atoms with E-state index in [1.807, 2.05) is 35.1 Å². The molecule has 2 amide bonds. The van der Waals surface area contributed by atoms with Crippen LogP contribution >= 0.6 is 0 Å². The highest BCUT2D eigenvalue weighted by Crippen LogP contribution is 2.29. The average Bonchev–Trinajstić information content (AvgIpc) is 3.59. The minimum absolute atomic E-state index is 0.160. The number of hydrogen-bond acceptors (Lipinski definition) is 8. The fraction of sp³-hybridized carbons (Fsp3) is 0.361. The number of amides is 2. The Morgan fingerprint density at radius 3 is 2.62 bits per heavy atom. The Balaban J connectivity index is 1.23. The van der Waals surface area contributed by atoms with Crippen LogP contribution in [0.25, 0.3) is 0 Å². The highest BCUT2D eigenvalue weighted by atomic mass is 19.1. The summed E-state index contributed by atoms with van der Waals surface area (Å²) >= 11 is 0. The summed E-state index contributed by atoms with van der Waals surface area (Å²) in [6, 6.07) is 17.4. The summed E-state index contributed by atoms with van der Waals surface area (Å²) < 4.78 is 39.9. The second kappa shape index (κ2) is 15.2. The number of nitrogens with zero attached hydrogens (tertiary/aromatic N) is 3. The molecule has 0 unspecified atom stereocenters. The van der Waals surface area contributed by atoms with E-state index in [0.717, 1.165) is 22.4 Å². The number of piperidine rings is 1. The van der Waals surface area contributed by atoms with Gasteiger partial charge in [0.1, 0.15) is 23.4 Å². The van der Waals surface area contributed by atoms with Crippen LogP contribution in [0.2, 0.25) is 0 Å². The third-order valence-corrected chi connectivity index (χ3v) is 8.56. The van der Waals surface area contributed by atoms with Gasteiger partial charge in [-0.05, 0) is 72.0 Å². The van der Waals surface area contributed by atoms with Crippen LogP contribution in [0.15, 0.2) is 73.1 Å². The van der Waals surface area contributed by atoms with E-state index in [9.17, 15) is 14.0 Å². The maximum absolute atomic E-state index is 14.7. The maximum atomic E-state index is 14.7. The molecule has 4 bridgehead atoms. The summed E-state index contributed by atoms with van der Waals surface area (Å²) in [5.74, 6) is 1.07. The van der Waals surface area contributed by atoms with Gasteiger partial charge in [-0.2, -0.15) is 5.10 Å². The van der Waals surface area contributed by atoms with Crippen LogP contribution < -0.4 is 29.6 Å². The first-order valence-electron chi connectivity index (χ1n) is 16.0. The molecule has 0 aliphatic carbocycles. The number of rotatable bonds is 6. The van der Waals surface area contributed by atoms with E-state index in [1.54, 1.807) is 31.5 Å². The van der Waals surface area contributed by atoms with Crippen molar-refractivity contribution in [3.05, 3.63) is 101 Å². The first-order valence-corrected chi connectivity index (χ1v) is 16.0. The van der Waals surface area contributed by atoms with E-state index in [1.165, 1.54) is 19.2 Å². The van der Waals surface area contributed by atoms with Gasteiger partial charge in [0.15, 0.2) is 18.1 Å². The third kappa shape index (κ3) is 8.43. The number of nitrogens with one attached hydrogen (secondary N) is 2. The number of carbonyl (C=O) groups is 2. The van der Waals surface area contributed by atoms with Crippen molar-refractivity contribution in [1.29, 1.82) is 0 Å². The van der Waals surface area contributed by atoms with Crippen molar-refractivity contribution in [3.63, 3.8) is 0 Å². The molecule has 48 heavy (non-hydrogen) atoms. The number of hydrogen-bond donors (Lipinski definition) is 2. The van der Waals surface area contributed by atoms with Crippen LogP contribution in [0, 0.1) is 5.82 Å². The zero-order valence-electron chi connectivity index (χ0n) is 27.1. The Kier molecular flexibility index (Phi) is 10.4. The number of benzene rings is 3. The van der Waals surface area contributed by atoms with Gasteiger partial charge in [0, 0.05) is 56.6 Å². The van der Waals surface area contributed by atoms with Gasteiger partial charge in [0.25, 0.3) is 5.91 Å². The standard InChI is InChI=1S/C36H40FN5O6/c1-45-31-7-5-25(14-27(31)21-42-12-3-11-39-42)20-41-13-10-32-30(22-41)40-36(44)23-47-34-17-24(4-8-33(34)46-2)6-9-35(43)38-19-26-15-28(37)18-29(16-26)48-32/h3-5,7-8,11-12,14-18,30,32H,6,9-10,13,19-23H2,1-2H3,(H,38,43)(H,40,44)/t30-,32-/m1/s1. The van der Waals surface area contributed by atoms with Gasteiger partial charge in [-0.25, -0.2) is 4.39 Å². The number of halogens is 1. The Hall–Kier alpha value is -5.10. The molecule has 2 aliphatic rings. The zero-order chi connectivity index (χ0) is 33.5. The Labute approximate surface area is 278 Å². The van der Waals surface area contributed by atoms with Gasteiger partial charge in [-0.15, -0.1) is 0 Å². The molecule has 4 aromatic rings. The van der Waals surface area contributed by atoms with Crippen molar-refractivity contribution in [3.8, 4) is 23.0 Å². The molecule has 12 heteroatoms. The van der Waals surface area contributed by atoms with E-state index in [2.05, 4.69) is 26.7 Å². The number of fused-ring (bicyclic) bond motifs is 5. The number of methoxy groups -OCH3 is 2. The monoisotopic (exact) mass is 657 g/mol. The quantitative estimate of drug-likeness (QED) is 0.321. The Morgan fingerprint density at radius 2 is 1.81 bits per heavy atom. The molecule has 1 aromatic heterocycles. The second-order valence-corrected chi connectivity index (χ2v) is 12.0. The summed E-state index contributed by atoms with van der Waals surface area (Å²) in [6.45, 7) is 2.31. The topological polar surface area (TPSA) is 116 Å². The number of likely N-dealkylation sites (tertiary alicyclic amines) is 1. The first kappa shape index (κ1) is 32.8. The van der Waals surface area contributed by atoms with Gasteiger partial charge in [-0.1, -0.05) is 12.1 Å². The fourth-order valence-corrected chi connectivity index (χ4v) is 6.20. The normalized spacial score (nSPS) is 19.0. The van der Waals surface area contributed by atoms with Crippen LogP contribution in [0.5, 0.6) is 23.0 Å². The van der Waals surface area contributed by atoms with Crippen LogP contribution in [0.4, 0.5) is 4.39 Å². The second-order valence-electron chi connectivity index (χ2n) is 12.0. The van der Waals surface area contributed by atoms with Crippen molar-refractivity contribution in [2.75, 3.05) is 33.9 Å². The molecule has 2 aliphatic heterocycles. The molecule has 3 aromatic carbocycles. The summed E-state index contributed by atoms with van der Waals surface area (Å²) in [4.78, 5) is 28.2. The minimum atomic E-state index is -0.464. The zero-order valence-corrected chi connectivity index (χ0v) is 27.1. The van der Waals surface area contributed by atoms with Crippen molar-refractivity contribution >= 4 is 11.8 Å². The predicted octanol–water partition coefficient (Wildman–Crippen LogP) is 3.87. The Morgan fingerprint density at radius 1 is 0.958 bits per heavy atom. The molecule has 0 spiro atoms. The highest BCUT2D eigenvalue weighted by Gasteiger charge is 2.33. The molecule has 11 nitrogen and oxygen atoms in total. The molecule has 2 atom stereocenters. The maximum Gasteiger partial charge on any atom is 0.258 e. The summed E-state index contributed by atoms with van der Waals surface area (Å²) in [5.41, 5.74) is 3.55. The number of aromatic nitrogens is 2. The molecular formula is C36H40FN5O6. The van der Waals surface area contributed by atoms with E-state index < -0.39 is 18.0 Å². The van der Waals surface area contributed by atoms with E-state index in [0.29, 0.717) is 61.8 Å². The average molecular weight is 658 g/mol. The van der Waals surface area contributed by atoms with Gasteiger partial charge in [0.05, 0.1) is 26.8 Å². The van der Waals surface area contributed by atoms with Crippen LogP contribution in [-0.4, -0.2) is 72.6 Å². The highest BCUT2D eigenvalue weighted by molar-refractivity contribution is 5.78. The molecular weight excluding hydrogens is 617 g/mol. The molecule has 3 heterocycles. The Bertz CT molecular complexity index is 1730. The lowest BCUT2D eigenvalue weighted by Gasteiger charge is -2.39.